The van der Waals surface area contributed by atoms with E-state index >= 15 is 0 Å². The van der Waals surface area contributed by atoms with Crippen molar-refractivity contribution in [2.75, 3.05) is 6.54 Å². The van der Waals surface area contributed by atoms with E-state index in [2.05, 4.69) is 11.6 Å². The summed E-state index contributed by atoms with van der Waals surface area (Å²) in [5.41, 5.74) is 0.370. The van der Waals surface area contributed by atoms with Gasteiger partial charge in [0.15, 0.2) is 0 Å². The summed E-state index contributed by atoms with van der Waals surface area (Å²) in [5, 5.41) is 9.03. The van der Waals surface area contributed by atoms with Crippen molar-refractivity contribution in [3.8, 4) is 0 Å². The van der Waals surface area contributed by atoms with E-state index < -0.39 is 20.7 Å². The molecule has 0 aromatic heterocycles. The minimum atomic E-state index is -3.89. The van der Waals surface area contributed by atoms with Crippen LogP contribution in [0.2, 0.25) is 0 Å². The van der Waals surface area contributed by atoms with Gasteiger partial charge in [0.05, 0.1) is 6.61 Å². The highest BCUT2D eigenvalue weighted by Gasteiger charge is 2.20. The van der Waals surface area contributed by atoms with Crippen molar-refractivity contribution in [1.82, 2.24) is 4.72 Å². The highest BCUT2D eigenvalue weighted by Crippen LogP contribution is 2.18. The zero-order valence-electron chi connectivity index (χ0n) is 12.6. The van der Waals surface area contributed by atoms with Gasteiger partial charge in [0, 0.05) is 6.54 Å². The molecule has 6 heteroatoms. The molecule has 1 atom stereocenters. The second kappa shape index (κ2) is 8.46. The molecule has 1 aromatic rings. The summed E-state index contributed by atoms with van der Waals surface area (Å²) in [6, 6.07) is 3.60. The van der Waals surface area contributed by atoms with E-state index in [-0.39, 0.29) is 12.5 Å². The Balaban J connectivity index is 2.81. The Labute approximate surface area is 126 Å². The molecule has 0 spiro atoms. The lowest BCUT2D eigenvalue weighted by atomic mass is 10.00. The summed E-state index contributed by atoms with van der Waals surface area (Å²) in [6.45, 7) is 4.09. The van der Waals surface area contributed by atoms with Gasteiger partial charge in [-0.1, -0.05) is 39.2 Å². The molecule has 120 valence electrons. The molecular formula is C15H24FNO3S. The smallest absolute Gasteiger partial charge is 0.243 e. The van der Waals surface area contributed by atoms with Gasteiger partial charge in [-0.3, -0.25) is 0 Å². The van der Waals surface area contributed by atoms with Crippen LogP contribution >= 0.6 is 0 Å². The number of aliphatic hydroxyl groups is 1. The largest absolute Gasteiger partial charge is 0.392 e. The number of unbranched alkanes of at least 4 members (excludes halogenated alkanes) is 1. The summed E-state index contributed by atoms with van der Waals surface area (Å²) in [7, 11) is -3.89. The number of aliphatic hydroxyl groups excluding tert-OH is 1. The van der Waals surface area contributed by atoms with Crippen LogP contribution in [0.5, 0.6) is 0 Å². The first-order valence-corrected chi connectivity index (χ1v) is 8.81. The van der Waals surface area contributed by atoms with Crippen LogP contribution in [0.3, 0.4) is 0 Å². The number of hydrogen-bond acceptors (Lipinski definition) is 3. The number of nitrogens with one attached hydrogen (secondary N) is 1. The van der Waals surface area contributed by atoms with Crippen molar-refractivity contribution in [2.45, 2.75) is 51.0 Å². The Kier molecular flexibility index (Phi) is 7.28. The highest BCUT2D eigenvalue weighted by molar-refractivity contribution is 7.89. The van der Waals surface area contributed by atoms with Crippen molar-refractivity contribution in [3.63, 3.8) is 0 Å². The van der Waals surface area contributed by atoms with Gasteiger partial charge in [-0.15, -0.1) is 0 Å². The minimum absolute atomic E-state index is 0.254. The van der Waals surface area contributed by atoms with Crippen LogP contribution in [0.15, 0.2) is 23.1 Å². The van der Waals surface area contributed by atoms with Crippen LogP contribution in [-0.4, -0.2) is 20.1 Å². The highest BCUT2D eigenvalue weighted by atomic mass is 32.2. The molecule has 0 heterocycles. The molecule has 0 fully saturated rings. The first kappa shape index (κ1) is 18.1. The van der Waals surface area contributed by atoms with Gasteiger partial charge in [-0.05, 0) is 30.0 Å². The molecule has 0 bridgehead atoms. The summed E-state index contributed by atoms with van der Waals surface area (Å²) in [4.78, 5) is -0.403. The molecular weight excluding hydrogens is 293 g/mol. The zero-order valence-corrected chi connectivity index (χ0v) is 13.4. The third-order valence-electron chi connectivity index (χ3n) is 3.57. The summed E-state index contributed by atoms with van der Waals surface area (Å²) in [6.07, 6.45) is 3.95. The van der Waals surface area contributed by atoms with Crippen LogP contribution < -0.4 is 4.72 Å². The fourth-order valence-electron chi connectivity index (χ4n) is 2.10. The lowest BCUT2D eigenvalue weighted by Gasteiger charge is -2.16. The predicted octanol–water partition coefficient (Wildman–Crippen LogP) is 2.81. The minimum Gasteiger partial charge on any atom is -0.392 e. The van der Waals surface area contributed by atoms with Gasteiger partial charge in [-0.2, -0.15) is 0 Å². The second-order valence-electron chi connectivity index (χ2n) is 5.19. The van der Waals surface area contributed by atoms with E-state index in [4.69, 9.17) is 5.11 Å². The molecule has 1 rings (SSSR count). The lowest BCUT2D eigenvalue weighted by Crippen LogP contribution is -2.30. The predicted molar refractivity (Wildman–Crippen MR) is 80.8 cm³/mol. The Morgan fingerprint density at radius 1 is 1.33 bits per heavy atom. The summed E-state index contributed by atoms with van der Waals surface area (Å²) in [5.74, 6) is -0.551. The third kappa shape index (κ3) is 5.37. The number of halogens is 1. The molecule has 21 heavy (non-hydrogen) atoms. The van der Waals surface area contributed by atoms with Crippen LogP contribution in [0, 0.1) is 11.7 Å². The average molecular weight is 317 g/mol. The maximum Gasteiger partial charge on any atom is 0.243 e. The van der Waals surface area contributed by atoms with E-state index in [0.29, 0.717) is 12.1 Å². The van der Waals surface area contributed by atoms with Crippen molar-refractivity contribution in [3.05, 3.63) is 29.6 Å². The van der Waals surface area contributed by atoms with Gasteiger partial charge in [0.2, 0.25) is 10.0 Å². The van der Waals surface area contributed by atoms with E-state index in [9.17, 15) is 12.8 Å². The normalized spacial score (nSPS) is 13.3. The zero-order chi connectivity index (χ0) is 15.9. The molecule has 0 aliphatic rings. The summed E-state index contributed by atoms with van der Waals surface area (Å²) < 4.78 is 40.6. The maximum atomic E-state index is 13.7. The van der Waals surface area contributed by atoms with Gasteiger partial charge >= 0.3 is 0 Å². The first-order chi connectivity index (χ1) is 9.94. The monoisotopic (exact) mass is 317 g/mol. The van der Waals surface area contributed by atoms with E-state index in [1.165, 1.54) is 12.1 Å². The Morgan fingerprint density at radius 2 is 2.05 bits per heavy atom. The van der Waals surface area contributed by atoms with E-state index in [1.807, 2.05) is 6.92 Å². The molecule has 4 nitrogen and oxygen atoms in total. The van der Waals surface area contributed by atoms with Crippen LogP contribution in [0.4, 0.5) is 4.39 Å². The molecule has 0 aliphatic heterocycles. The Bertz CT molecular complexity index is 546. The quantitative estimate of drug-likeness (QED) is 0.736. The van der Waals surface area contributed by atoms with Crippen molar-refractivity contribution in [2.24, 2.45) is 5.92 Å². The molecule has 1 unspecified atom stereocenters. The second-order valence-corrected chi connectivity index (χ2v) is 6.93. The molecule has 0 aliphatic carbocycles. The Morgan fingerprint density at radius 3 is 2.62 bits per heavy atom. The van der Waals surface area contributed by atoms with Crippen molar-refractivity contribution < 1.29 is 17.9 Å². The van der Waals surface area contributed by atoms with Crippen LogP contribution in [0.1, 0.15) is 45.1 Å². The molecule has 0 saturated heterocycles. The van der Waals surface area contributed by atoms with E-state index in [1.54, 1.807) is 0 Å². The standard InChI is InChI=1S/C15H24FNO3S/c1-3-5-6-12(4-2)10-17-21(19,20)15-9-13(11-18)7-8-14(15)16/h7-9,12,17-18H,3-6,10-11H2,1-2H3. The van der Waals surface area contributed by atoms with E-state index in [0.717, 1.165) is 31.7 Å². The molecule has 0 saturated carbocycles. The Hall–Kier alpha value is -0.980. The molecule has 0 radical (unpaired) electrons. The van der Waals surface area contributed by atoms with Crippen molar-refractivity contribution >= 4 is 10.0 Å². The van der Waals surface area contributed by atoms with Crippen molar-refractivity contribution in [1.29, 1.82) is 0 Å². The van der Waals surface area contributed by atoms with Crippen LogP contribution in [0.25, 0.3) is 0 Å². The van der Waals surface area contributed by atoms with Crippen LogP contribution in [-0.2, 0) is 16.6 Å². The summed E-state index contributed by atoms with van der Waals surface area (Å²) >= 11 is 0. The molecule has 0 amide bonds. The SMILES string of the molecule is CCCCC(CC)CNS(=O)(=O)c1cc(CO)ccc1F. The number of benzene rings is 1. The van der Waals surface area contributed by atoms with Gasteiger partial charge in [0.1, 0.15) is 10.7 Å². The maximum absolute atomic E-state index is 13.7. The number of rotatable bonds is 9. The average Bonchev–Trinajstić information content (AvgIpc) is 2.47. The fourth-order valence-corrected chi connectivity index (χ4v) is 3.34. The third-order valence-corrected chi connectivity index (χ3v) is 5.01. The number of hydrogen-bond donors (Lipinski definition) is 2. The fraction of sp³-hybridized carbons (Fsp3) is 0.600. The molecule has 2 N–H and O–H groups in total. The molecule has 1 aromatic carbocycles. The lowest BCUT2D eigenvalue weighted by molar-refractivity contribution is 0.281. The number of sulfonamides is 1. The van der Waals surface area contributed by atoms with Gasteiger partial charge in [0.25, 0.3) is 0 Å². The topological polar surface area (TPSA) is 66.4 Å². The van der Waals surface area contributed by atoms with Gasteiger partial charge < -0.3 is 5.11 Å². The van der Waals surface area contributed by atoms with Gasteiger partial charge in [-0.25, -0.2) is 17.5 Å². The first-order valence-electron chi connectivity index (χ1n) is 7.33.